The van der Waals surface area contributed by atoms with Gasteiger partial charge in [0.1, 0.15) is 0 Å². The summed E-state index contributed by atoms with van der Waals surface area (Å²) >= 11 is 7.74. The van der Waals surface area contributed by atoms with Gasteiger partial charge in [0.15, 0.2) is 0 Å². The summed E-state index contributed by atoms with van der Waals surface area (Å²) in [7, 11) is 0. The van der Waals surface area contributed by atoms with Crippen molar-refractivity contribution in [3.05, 3.63) is 22.4 Å². The van der Waals surface area contributed by atoms with Gasteiger partial charge in [-0.05, 0) is 24.3 Å². The fraction of sp³-hybridized carbons (Fsp3) is 0.643. The molecule has 0 unspecified atom stereocenters. The minimum absolute atomic E-state index is 0.118. The first-order valence-corrected chi connectivity index (χ1v) is 8.01. The Kier molecular flexibility index (Phi) is 5.07. The lowest BCUT2D eigenvalue weighted by molar-refractivity contribution is -0.120. The zero-order chi connectivity index (χ0) is 12.8. The van der Waals surface area contributed by atoms with Crippen LogP contribution < -0.4 is 5.32 Å². The molecule has 1 aromatic heterocycles. The Labute approximate surface area is 118 Å². The molecule has 1 aromatic rings. The van der Waals surface area contributed by atoms with Crippen LogP contribution in [-0.4, -0.2) is 18.3 Å². The standard InChI is InChI=1S/C14H20ClNOS/c15-10-14(6-2-1-3-7-14)11-16-13(17)9-12-5-4-8-18-12/h4-5,8H,1-3,6-7,9-11H2,(H,16,17). The van der Waals surface area contributed by atoms with Crippen molar-refractivity contribution >= 4 is 28.8 Å². The van der Waals surface area contributed by atoms with Crippen LogP contribution in [0.4, 0.5) is 0 Å². The number of thiophene rings is 1. The Balaban J connectivity index is 1.80. The van der Waals surface area contributed by atoms with Crippen LogP contribution in [0.2, 0.25) is 0 Å². The minimum atomic E-state index is 0.118. The summed E-state index contributed by atoms with van der Waals surface area (Å²) in [6.07, 6.45) is 6.59. The van der Waals surface area contributed by atoms with E-state index >= 15 is 0 Å². The van der Waals surface area contributed by atoms with E-state index in [0.29, 0.717) is 12.3 Å². The third kappa shape index (κ3) is 3.72. The number of hydrogen-bond acceptors (Lipinski definition) is 2. The lowest BCUT2D eigenvalue weighted by Crippen LogP contribution is -2.40. The van der Waals surface area contributed by atoms with E-state index in [1.165, 1.54) is 19.3 Å². The molecule has 2 nitrogen and oxygen atoms in total. The van der Waals surface area contributed by atoms with Gasteiger partial charge in [-0.3, -0.25) is 4.79 Å². The zero-order valence-corrected chi connectivity index (χ0v) is 12.2. The predicted octanol–water partition coefficient (Wildman–Crippen LogP) is 3.60. The second-order valence-corrected chi connectivity index (χ2v) is 6.53. The number of hydrogen-bond donors (Lipinski definition) is 1. The quantitative estimate of drug-likeness (QED) is 0.823. The van der Waals surface area contributed by atoms with Crippen LogP contribution in [0.25, 0.3) is 0 Å². The molecule has 18 heavy (non-hydrogen) atoms. The van der Waals surface area contributed by atoms with Crippen molar-refractivity contribution in [2.45, 2.75) is 38.5 Å². The van der Waals surface area contributed by atoms with Gasteiger partial charge in [0, 0.05) is 22.7 Å². The van der Waals surface area contributed by atoms with Crippen molar-refractivity contribution in [1.29, 1.82) is 0 Å². The van der Waals surface area contributed by atoms with Crippen molar-refractivity contribution in [3.8, 4) is 0 Å². The van der Waals surface area contributed by atoms with Gasteiger partial charge in [0.2, 0.25) is 5.91 Å². The lowest BCUT2D eigenvalue weighted by atomic mass is 9.75. The smallest absolute Gasteiger partial charge is 0.225 e. The number of carbonyl (C=O) groups is 1. The van der Waals surface area contributed by atoms with Gasteiger partial charge in [-0.15, -0.1) is 22.9 Å². The SMILES string of the molecule is O=C(Cc1cccs1)NCC1(CCl)CCCCC1. The van der Waals surface area contributed by atoms with E-state index in [2.05, 4.69) is 5.32 Å². The molecule has 0 bridgehead atoms. The molecule has 1 heterocycles. The largest absolute Gasteiger partial charge is 0.355 e. The molecule has 2 rings (SSSR count). The summed E-state index contributed by atoms with van der Waals surface area (Å²) in [6.45, 7) is 0.737. The number of carbonyl (C=O) groups excluding carboxylic acids is 1. The molecule has 1 aliphatic carbocycles. The minimum Gasteiger partial charge on any atom is -0.355 e. The Morgan fingerprint density at radius 3 is 2.78 bits per heavy atom. The van der Waals surface area contributed by atoms with Crippen LogP contribution >= 0.6 is 22.9 Å². The maximum atomic E-state index is 11.9. The molecule has 100 valence electrons. The van der Waals surface area contributed by atoms with Gasteiger partial charge in [0.25, 0.3) is 0 Å². The van der Waals surface area contributed by atoms with E-state index in [1.807, 2.05) is 17.5 Å². The summed E-state index contributed by atoms with van der Waals surface area (Å²) in [5.41, 5.74) is 0.144. The molecular weight excluding hydrogens is 266 g/mol. The second-order valence-electron chi connectivity index (χ2n) is 5.23. The van der Waals surface area contributed by atoms with E-state index in [9.17, 15) is 4.79 Å². The Bertz CT molecular complexity index is 371. The van der Waals surface area contributed by atoms with Gasteiger partial charge in [0.05, 0.1) is 6.42 Å². The number of nitrogens with one attached hydrogen (secondary N) is 1. The first-order chi connectivity index (χ1) is 8.74. The van der Waals surface area contributed by atoms with E-state index in [1.54, 1.807) is 11.3 Å². The van der Waals surface area contributed by atoms with Crippen LogP contribution in [0.5, 0.6) is 0 Å². The molecule has 0 saturated heterocycles. The summed E-state index contributed by atoms with van der Waals surface area (Å²) in [6, 6.07) is 3.98. The maximum Gasteiger partial charge on any atom is 0.225 e. The van der Waals surface area contributed by atoms with Gasteiger partial charge >= 0.3 is 0 Å². The number of rotatable bonds is 5. The normalized spacial score (nSPS) is 18.5. The van der Waals surface area contributed by atoms with E-state index < -0.39 is 0 Å². The third-order valence-corrected chi connectivity index (χ3v) is 5.22. The fourth-order valence-electron chi connectivity index (χ4n) is 2.58. The van der Waals surface area contributed by atoms with Crippen LogP contribution in [0.15, 0.2) is 17.5 Å². The highest BCUT2D eigenvalue weighted by atomic mass is 35.5. The molecule has 0 aliphatic heterocycles. The molecule has 0 spiro atoms. The molecule has 1 saturated carbocycles. The zero-order valence-electron chi connectivity index (χ0n) is 10.6. The van der Waals surface area contributed by atoms with E-state index in [0.717, 1.165) is 24.3 Å². The summed E-state index contributed by atoms with van der Waals surface area (Å²) in [5, 5.41) is 5.07. The molecule has 1 aliphatic rings. The Hall–Kier alpha value is -0.540. The lowest BCUT2D eigenvalue weighted by Gasteiger charge is -2.35. The van der Waals surface area contributed by atoms with Crippen LogP contribution in [0.3, 0.4) is 0 Å². The van der Waals surface area contributed by atoms with Crippen molar-refractivity contribution in [1.82, 2.24) is 5.32 Å². The van der Waals surface area contributed by atoms with Crippen LogP contribution in [-0.2, 0) is 11.2 Å². The summed E-state index contributed by atoms with van der Waals surface area (Å²) in [4.78, 5) is 13.0. The average Bonchev–Trinajstić information content (AvgIpc) is 2.90. The highest BCUT2D eigenvalue weighted by Gasteiger charge is 2.31. The third-order valence-electron chi connectivity index (χ3n) is 3.77. The molecule has 0 radical (unpaired) electrons. The maximum absolute atomic E-state index is 11.9. The van der Waals surface area contributed by atoms with Crippen molar-refractivity contribution < 1.29 is 4.79 Å². The van der Waals surface area contributed by atoms with E-state index in [-0.39, 0.29) is 11.3 Å². The van der Waals surface area contributed by atoms with Gasteiger partial charge < -0.3 is 5.32 Å². The van der Waals surface area contributed by atoms with Crippen LogP contribution in [0, 0.1) is 5.41 Å². The van der Waals surface area contributed by atoms with E-state index in [4.69, 9.17) is 11.6 Å². The van der Waals surface area contributed by atoms with Crippen molar-refractivity contribution in [2.24, 2.45) is 5.41 Å². The molecular formula is C14H20ClNOS. The molecule has 0 atom stereocenters. The fourth-order valence-corrected chi connectivity index (χ4v) is 3.64. The Morgan fingerprint density at radius 2 is 2.17 bits per heavy atom. The van der Waals surface area contributed by atoms with Crippen LogP contribution in [0.1, 0.15) is 37.0 Å². The molecule has 4 heteroatoms. The first-order valence-electron chi connectivity index (χ1n) is 6.59. The molecule has 1 amide bonds. The van der Waals surface area contributed by atoms with Crippen molar-refractivity contribution in [2.75, 3.05) is 12.4 Å². The number of amides is 1. The molecule has 1 N–H and O–H groups in total. The highest BCUT2D eigenvalue weighted by molar-refractivity contribution is 7.10. The molecule has 0 aromatic carbocycles. The van der Waals surface area contributed by atoms with Gasteiger partial charge in [-0.25, -0.2) is 0 Å². The van der Waals surface area contributed by atoms with Gasteiger partial charge in [-0.2, -0.15) is 0 Å². The Morgan fingerprint density at radius 1 is 1.39 bits per heavy atom. The topological polar surface area (TPSA) is 29.1 Å². The second kappa shape index (κ2) is 6.58. The summed E-state index contributed by atoms with van der Waals surface area (Å²) < 4.78 is 0. The first kappa shape index (κ1) is 13.9. The van der Waals surface area contributed by atoms with Crippen molar-refractivity contribution in [3.63, 3.8) is 0 Å². The predicted molar refractivity (Wildman–Crippen MR) is 77.3 cm³/mol. The molecule has 1 fully saturated rings. The average molecular weight is 286 g/mol. The van der Waals surface area contributed by atoms with Gasteiger partial charge in [-0.1, -0.05) is 25.3 Å². The number of alkyl halides is 1. The number of halogens is 1. The monoisotopic (exact) mass is 285 g/mol. The highest BCUT2D eigenvalue weighted by Crippen LogP contribution is 2.36. The summed E-state index contributed by atoms with van der Waals surface area (Å²) in [5.74, 6) is 0.777.